The number of rotatable bonds is 5. The molecule has 1 aromatic heterocycles. The summed E-state index contributed by atoms with van der Waals surface area (Å²) >= 11 is 0. The molecule has 2 heteroatoms. The van der Waals surface area contributed by atoms with E-state index < -0.39 is 0 Å². The first-order valence-corrected chi connectivity index (χ1v) is 18.3. The molecular formula is C51H36N2. The highest BCUT2D eigenvalue weighted by Crippen LogP contribution is 2.54. The smallest absolute Gasteiger partial charge is 0.160 e. The van der Waals surface area contributed by atoms with Gasteiger partial charge in [-0.3, -0.25) is 0 Å². The predicted molar refractivity (Wildman–Crippen MR) is 222 cm³/mol. The summed E-state index contributed by atoms with van der Waals surface area (Å²) < 4.78 is 0. The molecule has 0 atom stereocenters. The number of fused-ring (bicyclic) bond motifs is 5. The molecule has 1 aliphatic carbocycles. The first kappa shape index (κ1) is 31.1. The molecule has 0 bridgehead atoms. The van der Waals surface area contributed by atoms with Crippen LogP contribution >= 0.6 is 0 Å². The van der Waals surface area contributed by atoms with Gasteiger partial charge in [0.05, 0.1) is 11.4 Å². The van der Waals surface area contributed by atoms with Gasteiger partial charge in [0.15, 0.2) is 5.82 Å². The van der Waals surface area contributed by atoms with Crippen LogP contribution in [0.4, 0.5) is 0 Å². The summed E-state index contributed by atoms with van der Waals surface area (Å²) in [6.07, 6.45) is 0. The van der Waals surface area contributed by atoms with E-state index in [4.69, 9.17) is 9.97 Å². The van der Waals surface area contributed by atoms with Crippen molar-refractivity contribution < 1.29 is 0 Å². The van der Waals surface area contributed by atoms with Crippen molar-refractivity contribution in [3.63, 3.8) is 0 Å². The quantitative estimate of drug-likeness (QED) is 0.181. The summed E-state index contributed by atoms with van der Waals surface area (Å²) in [6, 6.07) is 65.4. The molecule has 0 spiro atoms. The van der Waals surface area contributed by atoms with Crippen molar-refractivity contribution in [1.82, 2.24) is 9.97 Å². The van der Waals surface area contributed by atoms with E-state index in [9.17, 15) is 0 Å². The highest BCUT2D eigenvalue weighted by molar-refractivity contribution is 6.01. The van der Waals surface area contributed by atoms with Crippen molar-refractivity contribution in [3.05, 3.63) is 193 Å². The standard InChI is InChI=1S/C51H36N2/c1-51(2)45-25-13-24-43(49(45)44-30-37-18-8-9-19-38(37)31-46(44)51)41-22-10-11-23-42(41)48-32-47(52-50(53-48)34-15-4-3-5-16-34)40-21-12-20-36(29-40)39-27-26-33-14-6-7-17-35(33)28-39/h3-32H,1-2H3. The lowest BCUT2D eigenvalue weighted by Crippen LogP contribution is -2.14. The zero-order valence-corrected chi connectivity index (χ0v) is 29.7. The van der Waals surface area contributed by atoms with Gasteiger partial charge in [0.2, 0.25) is 0 Å². The number of hydrogen-bond donors (Lipinski definition) is 0. The average molecular weight is 677 g/mol. The third kappa shape index (κ3) is 5.26. The minimum Gasteiger partial charge on any atom is -0.228 e. The highest BCUT2D eigenvalue weighted by atomic mass is 14.9. The van der Waals surface area contributed by atoms with Gasteiger partial charge >= 0.3 is 0 Å². The second-order valence-electron chi connectivity index (χ2n) is 14.6. The molecule has 10 rings (SSSR count). The van der Waals surface area contributed by atoms with Crippen LogP contribution in [0.5, 0.6) is 0 Å². The molecule has 8 aromatic carbocycles. The van der Waals surface area contributed by atoms with Gasteiger partial charge in [-0.15, -0.1) is 0 Å². The van der Waals surface area contributed by atoms with Crippen molar-refractivity contribution >= 4 is 21.5 Å². The lowest BCUT2D eigenvalue weighted by molar-refractivity contribution is 0.661. The van der Waals surface area contributed by atoms with Crippen LogP contribution in [0.2, 0.25) is 0 Å². The normalized spacial score (nSPS) is 12.9. The maximum absolute atomic E-state index is 5.30. The summed E-state index contributed by atoms with van der Waals surface area (Å²) in [4.78, 5) is 10.5. The molecule has 0 unspecified atom stereocenters. The summed E-state index contributed by atoms with van der Waals surface area (Å²) in [5.41, 5.74) is 14.9. The number of benzene rings is 8. The maximum atomic E-state index is 5.30. The number of nitrogens with zero attached hydrogens (tertiary/aromatic N) is 2. The summed E-state index contributed by atoms with van der Waals surface area (Å²) in [7, 11) is 0. The molecule has 0 saturated carbocycles. The van der Waals surface area contributed by atoms with Gasteiger partial charge in [0, 0.05) is 22.1 Å². The zero-order chi connectivity index (χ0) is 35.5. The molecule has 0 fully saturated rings. The Morgan fingerprint density at radius 2 is 0.925 bits per heavy atom. The van der Waals surface area contributed by atoms with Gasteiger partial charge in [-0.1, -0.05) is 166 Å². The molecule has 1 heterocycles. The van der Waals surface area contributed by atoms with Gasteiger partial charge in [-0.05, 0) is 96.4 Å². The maximum Gasteiger partial charge on any atom is 0.160 e. The topological polar surface area (TPSA) is 25.8 Å². The van der Waals surface area contributed by atoms with E-state index in [1.165, 1.54) is 54.9 Å². The van der Waals surface area contributed by atoms with E-state index >= 15 is 0 Å². The van der Waals surface area contributed by atoms with Crippen LogP contribution in [-0.2, 0) is 5.41 Å². The molecule has 0 aliphatic heterocycles. The van der Waals surface area contributed by atoms with Gasteiger partial charge in [-0.25, -0.2) is 9.97 Å². The zero-order valence-electron chi connectivity index (χ0n) is 29.7. The van der Waals surface area contributed by atoms with Crippen LogP contribution in [0.15, 0.2) is 182 Å². The summed E-state index contributed by atoms with van der Waals surface area (Å²) in [6.45, 7) is 4.72. The first-order valence-electron chi connectivity index (χ1n) is 18.3. The minimum atomic E-state index is -0.127. The highest BCUT2D eigenvalue weighted by Gasteiger charge is 2.37. The molecule has 2 nitrogen and oxygen atoms in total. The van der Waals surface area contributed by atoms with Crippen LogP contribution < -0.4 is 0 Å². The van der Waals surface area contributed by atoms with E-state index in [1.54, 1.807) is 0 Å². The second-order valence-corrected chi connectivity index (χ2v) is 14.6. The molecule has 0 saturated heterocycles. The van der Waals surface area contributed by atoms with Crippen LogP contribution in [0.3, 0.4) is 0 Å². The van der Waals surface area contributed by atoms with E-state index in [2.05, 4.69) is 190 Å². The lowest BCUT2D eigenvalue weighted by Gasteiger charge is -2.22. The Bertz CT molecular complexity index is 2870. The molecule has 53 heavy (non-hydrogen) atoms. The SMILES string of the molecule is CC1(C)c2cc3ccccc3cc2-c2c(-c3ccccc3-c3cc(-c4cccc(-c5ccc6ccccc6c5)c4)nc(-c4ccccc4)n3)cccc21. The third-order valence-corrected chi connectivity index (χ3v) is 11.1. The van der Waals surface area contributed by atoms with Gasteiger partial charge in [0.1, 0.15) is 0 Å². The minimum absolute atomic E-state index is 0.127. The fraction of sp³-hybridized carbons (Fsp3) is 0.0588. The second kappa shape index (κ2) is 12.3. The molecule has 0 amide bonds. The Labute approximate surface area is 310 Å². The Kier molecular flexibility index (Phi) is 7.19. The van der Waals surface area contributed by atoms with Crippen molar-refractivity contribution in [2.75, 3.05) is 0 Å². The predicted octanol–water partition coefficient (Wildman–Crippen LogP) is 13.4. The Hall–Kier alpha value is -6.64. The average Bonchev–Trinajstić information content (AvgIpc) is 3.45. The van der Waals surface area contributed by atoms with E-state index in [0.29, 0.717) is 5.82 Å². The van der Waals surface area contributed by atoms with Crippen LogP contribution in [0.25, 0.3) is 88.8 Å². The number of aromatic nitrogens is 2. The fourth-order valence-corrected chi connectivity index (χ4v) is 8.31. The lowest BCUT2D eigenvalue weighted by atomic mass is 9.81. The van der Waals surface area contributed by atoms with Gasteiger partial charge in [0.25, 0.3) is 0 Å². The van der Waals surface area contributed by atoms with Crippen LogP contribution in [-0.4, -0.2) is 9.97 Å². The molecule has 0 N–H and O–H groups in total. The molecule has 1 aliphatic rings. The van der Waals surface area contributed by atoms with Gasteiger partial charge < -0.3 is 0 Å². The summed E-state index contributed by atoms with van der Waals surface area (Å²) in [5.74, 6) is 0.709. The number of hydrogen-bond acceptors (Lipinski definition) is 2. The van der Waals surface area contributed by atoms with Crippen LogP contribution in [0.1, 0.15) is 25.0 Å². The Morgan fingerprint density at radius 3 is 1.74 bits per heavy atom. The van der Waals surface area contributed by atoms with Crippen molar-refractivity contribution in [3.8, 4) is 67.3 Å². The third-order valence-electron chi connectivity index (χ3n) is 11.1. The van der Waals surface area contributed by atoms with Crippen LogP contribution in [0, 0.1) is 0 Å². The Balaban J connectivity index is 1.16. The van der Waals surface area contributed by atoms with Crippen molar-refractivity contribution in [2.24, 2.45) is 0 Å². The first-order chi connectivity index (χ1) is 26.0. The van der Waals surface area contributed by atoms with Gasteiger partial charge in [-0.2, -0.15) is 0 Å². The molecule has 0 radical (unpaired) electrons. The van der Waals surface area contributed by atoms with E-state index in [1.807, 2.05) is 6.07 Å². The monoisotopic (exact) mass is 676 g/mol. The molecule has 250 valence electrons. The largest absolute Gasteiger partial charge is 0.228 e. The Morgan fingerprint density at radius 1 is 0.340 bits per heavy atom. The van der Waals surface area contributed by atoms with E-state index in [-0.39, 0.29) is 5.41 Å². The summed E-state index contributed by atoms with van der Waals surface area (Å²) in [5, 5.41) is 5.01. The molecular weight excluding hydrogens is 641 g/mol. The molecule has 9 aromatic rings. The van der Waals surface area contributed by atoms with Crippen molar-refractivity contribution in [2.45, 2.75) is 19.3 Å². The fourth-order valence-electron chi connectivity index (χ4n) is 8.31. The van der Waals surface area contributed by atoms with E-state index in [0.717, 1.165) is 39.2 Å². The van der Waals surface area contributed by atoms with Crippen molar-refractivity contribution in [1.29, 1.82) is 0 Å².